The molecule has 0 spiro atoms. The van der Waals surface area contributed by atoms with Crippen molar-refractivity contribution in [2.45, 2.75) is 45.6 Å². The van der Waals surface area contributed by atoms with E-state index in [1.807, 2.05) is 67.6 Å². The van der Waals surface area contributed by atoms with Crippen LogP contribution in [-0.2, 0) is 24.1 Å². The van der Waals surface area contributed by atoms with Crippen molar-refractivity contribution in [2.75, 3.05) is 6.61 Å². The van der Waals surface area contributed by atoms with E-state index >= 15 is 0 Å². The second kappa shape index (κ2) is 12.8. The van der Waals surface area contributed by atoms with Gasteiger partial charge in [0.25, 0.3) is 0 Å². The molecule has 6 nitrogen and oxygen atoms in total. The zero-order valence-electron chi connectivity index (χ0n) is 24.2. The maximum Gasteiger partial charge on any atom is 0.347 e. The van der Waals surface area contributed by atoms with Crippen LogP contribution in [0.3, 0.4) is 0 Å². The summed E-state index contributed by atoms with van der Waals surface area (Å²) in [6, 6.07) is 34.2. The highest BCUT2D eigenvalue weighted by Gasteiger charge is 2.30. The largest absolute Gasteiger partial charge is 0.493 e. The molecule has 0 fully saturated rings. The average molecular weight is 562 g/mol. The molecular weight excluding hydrogens is 526 g/mol. The van der Waals surface area contributed by atoms with Gasteiger partial charge in [0.15, 0.2) is 5.60 Å². The number of hydrogen-bond acceptors (Lipinski definition) is 5. The molecule has 1 N–H and O–H groups in total. The summed E-state index contributed by atoms with van der Waals surface area (Å²) in [4.78, 5) is 16.4. The molecule has 5 aromatic rings. The SMILES string of the molecule is Cc1oc(-c2ccc(-c3ccccc3)cc2)nc1CCOc1ccc(OC(C)(C)C(=O)O)c(CCc2ccccc2)c1. The minimum Gasteiger partial charge on any atom is -0.493 e. The molecule has 0 amide bonds. The van der Waals surface area contributed by atoms with Gasteiger partial charge in [-0.05, 0) is 86.2 Å². The van der Waals surface area contributed by atoms with Crippen LogP contribution in [0.5, 0.6) is 11.5 Å². The lowest BCUT2D eigenvalue weighted by Gasteiger charge is -2.24. The van der Waals surface area contributed by atoms with Crippen LogP contribution >= 0.6 is 0 Å². The summed E-state index contributed by atoms with van der Waals surface area (Å²) in [5.74, 6) is 1.57. The molecule has 0 bridgehead atoms. The van der Waals surface area contributed by atoms with Crippen LogP contribution in [-0.4, -0.2) is 28.3 Å². The van der Waals surface area contributed by atoms with E-state index in [9.17, 15) is 9.90 Å². The van der Waals surface area contributed by atoms with Gasteiger partial charge >= 0.3 is 5.97 Å². The molecule has 42 heavy (non-hydrogen) atoms. The van der Waals surface area contributed by atoms with Crippen LogP contribution in [0.2, 0.25) is 0 Å². The number of benzene rings is 4. The van der Waals surface area contributed by atoms with Crippen LogP contribution in [0.4, 0.5) is 0 Å². The summed E-state index contributed by atoms with van der Waals surface area (Å²) in [5.41, 5.74) is 4.82. The number of carboxylic acid groups (broad SMARTS) is 1. The molecule has 0 aliphatic heterocycles. The van der Waals surface area contributed by atoms with E-state index in [1.54, 1.807) is 19.9 Å². The molecule has 5 rings (SSSR count). The molecule has 6 heteroatoms. The Morgan fingerprint density at radius 1 is 0.810 bits per heavy atom. The molecule has 0 saturated carbocycles. The van der Waals surface area contributed by atoms with Crippen molar-refractivity contribution in [1.82, 2.24) is 4.98 Å². The topological polar surface area (TPSA) is 81.8 Å². The normalized spacial score (nSPS) is 11.3. The number of carbonyl (C=O) groups is 1. The number of ether oxygens (including phenoxy) is 2. The van der Waals surface area contributed by atoms with Crippen molar-refractivity contribution in [3.05, 3.63) is 126 Å². The van der Waals surface area contributed by atoms with Gasteiger partial charge in [0.05, 0.1) is 12.3 Å². The number of aryl methyl sites for hydroxylation is 3. The first kappa shape index (κ1) is 28.7. The standard InChI is InChI=1S/C36H35NO5/c1-25-32(37-34(41-25)29-18-16-28(17-19-29)27-12-8-5-9-13-27)22-23-40-31-20-21-33(42-36(2,3)35(38)39)30(24-31)15-14-26-10-6-4-7-11-26/h4-13,16-21,24H,14-15,22-23H2,1-3H3,(H,38,39). The van der Waals surface area contributed by atoms with Crippen molar-refractivity contribution < 1.29 is 23.8 Å². The molecule has 4 aromatic carbocycles. The summed E-state index contributed by atoms with van der Waals surface area (Å²) in [7, 11) is 0. The Hall–Kier alpha value is -4.84. The fourth-order valence-electron chi connectivity index (χ4n) is 4.67. The average Bonchev–Trinajstić information content (AvgIpc) is 3.38. The van der Waals surface area contributed by atoms with Crippen molar-refractivity contribution in [2.24, 2.45) is 0 Å². The number of aromatic nitrogens is 1. The Bertz CT molecular complexity index is 1620. The van der Waals surface area contributed by atoms with E-state index in [0.717, 1.165) is 34.6 Å². The van der Waals surface area contributed by atoms with Crippen molar-refractivity contribution in [1.29, 1.82) is 0 Å². The third kappa shape index (κ3) is 7.07. The minimum atomic E-state index is -1.35. The van der Waals surface area contributed by atoms with Gasteiger partial charge in [0.2, 0.25) is 5.89 Å². The lowest BCUT2D eigenvalue weighted by molar-refractivity contribution is -0.152. The molecule has 0 atom stereocenters. The predicted molar refractivity (Wildman–Crippen MR) is 164 cm³/mol. The van der Waals surface area contributed by atoms with Crippen LogP contribution in [0.25, 0.3) is 22.6 Å². The van der Waals surface area contributed by atoms with Gasteiger partial charge in [-0.2, -0.15) is 0 Å². The summed E-state index contributed by atoms with van der Waals surface area (Å²) in [6.45, 7) is 5.43. The third-order valence-electron chi connectivity index (χ3n) is 7.18. The van der Waals surface area contributed by atoms with Gasteiger partial charge in [-0.3, -0.25) is 0 Å². The number of aliphatic carboxylic acids is 1. The fraction of sp³-hybridized carbons (Fsp3) is 0.222. The van der Waals surface area contributed by atoms with Gasteiger partial charge in [0.1, 0.15) is 17.3 Å². The van der Waals surface area contributed by atoms with Gasteiger partial charge in [-0.1, -0.05) is 72.8 Å². The number of oxazole rings is 1. The molecule has 0 saturated heterocycles. The predicted octanol–water partition coefficient (Wildman–Crippen LogP) is 7.97. The van der Waals surface area contributed by atoms with E-state index in [2.05, 4.69) is 36.4 Å². The maximum atomic E-state index is 11.7. The fourth-order valence-corrected chi connectivity index (χ4v) is 4.67. The van der Waals surface area contributed by atoms with Crippen LogP contribution in [0.15, 0.2) is 108 Å². The number of rotatable bonds is 12. The van der Waals surface area contributed by atoms with E-state index in [0.29, 0.717) is 36.8 Å². The van der Waals surface area contributed by atoms with E-state index in [4.69, 9.17) is 18.9 Å². The second-order valence-corrected chi connectivity index (χ2v) is 10.7. The summed E-state index contributed by atoms with van der Waals surface area (Å²) in [6.07, 6.45) is 2.06. The van der Waals surface area contributed by atoms with E-state index in [-0.39, 0.29) is 0 Å². The Labute approximate surface area is 246 Å². The second-order valence-electron chi connectivity index (χ2n) is 10.7. The first-order valence-corrected chi connectivity index (χ1v) is 14.1. The number of hydrogen-bond donors (Lipinski definition) is 1. The van der Waals surface area contributed by atoms with Crippen molar-refractivity contribution >= 4 is 5.97 Å². The van der Waals surface area contributed by atoms with Crippen molar-refractivity contribution in [3.63, 3.8) is 0 Å². The molecule has 1 heterocycles. The Balaban J connectivity index is 1.25. The minimum absolute atomic E-state index is 0.415. The Kier molecular flexibility index (Phi) is 8.72. The lowest BCUT2D eigenvalue weighted by Crippen LogP contribution is -2.38. The van der Waals surface area contributed by atoms with Gasteiger partial charge < -0.3 is 19.0 Å². The Morgan fingerprint density at radius 2 is 1.45 bits per heavy atom. The highest BCUT2D eigenvalue weighted by atomic mass is 16.5. The molecule has 0 aliphatic rings. The molecule has 1 aromatic heterocycles. The van der Waals surface area contributed by atoms with E-state index in [1.165, 1.54) is 11.1 Å². The first-order valence-electron chi connectivity index (χ1n) is 14.1. The first-order chi connectivity index (χ1) is 20.3. The molecule has 0 radical (unpaired) electrons. The highest BCUT2D eigenvalue weighted by molar-refractivity contribution is 5.77. The van der Waals surface area contributed by atoms with Crippen molar-refractivity contribution in [3.8, 4) is 34.1 Å². The van der Waals surface area contributed by atoms with Gasteiger partial charge in [-0.15, -0.1) is 0 Å². The third-order valence-corrected chi connectivity index (χ3v) is 7.18. The molecular formula is C36H35NO5. The Morgan fingerprint density at radius 3 is 2.14 bits per heavy atom. The number of carboxylic acids is 1. The summed E-state index contributed by atoms with van der Waals surface area (Å²) >= 11 is 0. The molecule has 0 unspecified atom stereocenters. The van der Waals surface area contributed by atoms with Crippen LogP contribution in [0.1, 0.15) is 36.4 Å². The van der Waals surface area contributed by atoms with E-state index < -0.39 is 11.6 Å². The lowest BCUT2D eigenvalue weighted by atomic mass is 10.0. The van der Waals surface area contributed by atoms with Gasteiger partial charge in [0, 0.05) is 12.0 Å². The smallest absolute Gasteiger partial charge is 0.347 e. The zero-order chi connectivity index (χ0) is 29.5. The zero-order valence-corrected chi connectivity index (χ0v) is 24.2. The molecule has 0 aliphatic carbocycles. The summed E-state index contributed by atoms with van der Waals surface area (Å²) < 4.78 is 18.0. The van der Waals surface area contributed by atoms with Crippen LogP contribution < -0.4 is 9.47 Å². The van der Waals surface area contributed by atoms with Crippen LogP contribution in [0, 0.1) is 6.92 Å². The maximum absolute atomic E-state index is 11.7. The quantitative estimate of drug-likeness (QED) is 0.166. The number of nitrogens with zero attached hydrogens (tertiary/aromatic N) is 1. The highest BCUT2D eigenvalue weighted by Crippen LogP contribution is 2.30. The summed E-state index contributed by atoms with van der Waals surface area (Å²) in [5, 5.41) is 9.57. The molecule has 214 valence electrons. The van der Waals surface area contributed by atoms with Gasteiger partial charge in [-0.25, -0.2) is 9.78 Å². The monoisotopic (exact) mass is 561 g/mol.